The smallest absolute Gasteiger partial charge is 0.238 e. The van der Waals surface area contributed by atoms with Crippen LogP contribution in [0.5, 0.6) is 0 Å². The molecule has 1 aromatic rings. The van der Waals surface area contributed by atoms with Crippen molar-refractivity contribution < 1.29 is 14.3 Å². The fraction of sp³-hybridized carbons (Fsp3) is 0.545. The summed E-state index contributed by atoms with van der Waals surface area (Å²) >= 11 is 0. The topological polar surface area (TPSA) is 70.7 Å². The second-order valence-electron chi connectivity index (χ2n) is 8.57. The van der Waals surface area contributed by atoms with Gasteiger partial charge in [0.15, 0.2) is 0 Å². The molecule has 6 nitrogen and oxygen atoms in total. The maximum absolute atomic E-state index is 12.6. The summed E-state index contributed by atoms with van der Waals surface area (Å²) in [5.41, 5.74) is 2.71. The van der Waals surface area contributed by atoms with E-state index in [1.165, 1.54) is 5.57 Å². The lowest BCUT2D eigenvalue weighted by atomic mass is 10.1. The Morgan fingerprint density at radius 1 is 1.11 bits per heavy atom. The van der Waals surface area contributed by atoms with E-state index in [-0.39, 0.29) is 29.1 Å². The fourth-order valence-corrected chi connectivity index (χ4v) is 3.87. The molecular weight excluding hydrogens is 354 g/mol. The minimum atomic E-state index is -0.0389. The van der Waals surface area contributed by atoms with Crippen molar-refractivity contribution in [2.45, 2.75) is 27.7 Å². The Kier molecular flexibility index (Phi) is 6.20. The van der Waals surface area contributed by atoms with Crippen LogP contribution in [0.4, 0.5) is 11.4 Å². The van der Waals surface area contributed by atoms with E-state index in [4.69, 9.17) is 4.74 Å². The highest BCUT2D eigenvalue weighted by Crippen LogP contribution is 2.59. The van der Waals surface area contributed by atoms with E-state index in [9.17, 15) is 9.59 Å². The average molecular weight is 386 g/mol. The first kappa shape index (κ1) is 20.6. The quantitative estimate of drug-likeness (QED) is 0.738. The Morgan fingerprint density at radius 3 is 2.25 bits per heavy atom. The van der Waals surface area contributed by atoms with Gasteiger partial charge in [-0.3, -0.25) is 14.5 Å². The van der Waals surface area contributed by atoms with Gasteiger partial charge in [0.1, 0.15) is 0 Å². The van der Waals surface area contributed by atoms with Gasteiger partial charge in [-0.25, -0.2) is 0 Å². The van der Waals surface area contributed by atoms with Gasteiger partial charge in [0.05, 0.1) is 25.7 Å². The van der Waals surface area contributed by atoms with Crippen LogP contribution in [0.25, 0.3) is 0 Å². The third kappa shape index (κ3) is 5.00. The van der Waals surface area contributed by atoms with Gasteiger partial charge in [0, 0.05) is 24.5 Å². The number of amides is 2. The van der Waals surface area contributed by atoms with Crippen LogP contribution in [-0.4, -0.2) is 49.6 Å². The second kappa shape index (κ2) is 8.45. The molecule has 2 atom stereocenters. The molecule has 3 rings (SSSR count). The van der Waals surface area contributed by atoms with Crippen molar-refractivity contribution in [3.8, 4) is 0 Å². The molecule has 2 amide bonds. The van der Waals surface area contributed by atoms with Crippen molar-refractivity contribution in [3.05, 3.63) is 35.9 Å². The SMILES string of the molecule is CC(C)=CC1C(C(=O)Nc2ccc(NC(=O)CN3CCOCC3)cc2)C1(C)C. The molecule has 1 aliphatic carbocycles. The molecule has 0 radical (unpaired) electrons. The van der Waals surface area contributed by atoms with Crippen LogP contribution in [0.15, 0.2) is 35.9 Å². The van der Waals surface area contributed by atoms with Gasteiger partial charge in [-0.15, -0.1) is 0 Å². The minimum Gasteiger partial charge on any atom is -0.379 e. The summed E-state index contributed by atoms with van der Waals surface area (Å²) in [6, 6.07) is 7.29. The zero-order chi connectivity index (χ0) is 20.3. The van der Waals surface area contributed by atoms with Gasteiger partial charge in [0.2, 0.25) is 11.8 Å². The molecule has 152 valence electrons. The van der Waals surface area contributed by atoms with Crippen molar-refractivity contribution in [1.29, 1.82) is 0 Å². The Labute approximate surface area is 167 Å². The lowest BCUT2D eigenvalue weighted by molar-refractivity contribution is -0.119. The zero-order valence-electron chi connectivity index (χ0n) is 17.2. The number of hydrogen-bond donors (Lipinski definition) is 2. The van der Waals surface area contributed by atoms with Crippen molar-refractivity contribution >= 4 is 23.2 Å². The van der Waals surface area contributed by atoms with E-state index in [0.717, 1.165) is 24.5 Å². The summed E-state index contributed by atoms with van der Waals surface area (Å²) in [7, 11) is 0. The van der Waals surface area contributed by atoms with Crippen molar-refractivity contribution in [2.75, 3.05) is 43.5 Å². The maximum Gasteiger partial charge on any atom is 0.238 e. The molecule has 2 N–H and O–H groups in total. The molecule has 28 heavy (non-hydrogen) atoms. The molecule has 2 unspecified atom stereocenters. The van der Waals surface area contributed by atoms with Crippen LogP contribution in [0, 0.1) is 17.3 Å². The molecule has 0 bridgehead atoms. The number of morpholine rings is 1. The van der Waals surface area contributed by atoms with Gasteiger partial charge in [-0.2, -0.15) is 0 Å². The van der Waals surface area contributed by atoms with Crippen LogP contribution in [-0.2, 0) is 14.3 Å². The number of nitrogens with zero attached hydrogens (tertiary/aromatic N) is 1. The molecule has 1 saturated heterocycles. The number of carbonyl (C=O) groups excluding carboxylic acids is 2. The highest BCUT2D eigenvalue weighted by Gasteiger charge is 2.60. The lowest BCUT2D eigenvalue weighted by Gasteiger charge is -2.25. The lowest BCUT2D eigenvalue weighted by Crippen LogP contribution is -2.41. The number of benzene rings is 1. The Bertz CT molecular complexity index is 745. The van der Waals surface area contributed by atoms with E-state index in [1.807, 2.05) is 24.3 Å². The summed E-state index contributed by atoms with van der Waals surface area (Å²) in [5.74, 6) is 0.297. The normalized spacial score (nSPS) is 23.6. The molecule has 0 aromatic heterocycles. The Hall–Kier alpha value is -2.18. The average Bonchev–Trinajstić information content (AvgIpc) is 3.17. The van der Waals surface area contributed by atoms with E-state index in [2.05, 4.69) is 49.3 Å². The third-order valence-electron chi connectivity index (χ3n) is 5.61. The number of nitrogens with one attached hydrogen (secondary N) is 2. The number of rotatable bonds is 6. The molecule has 1 aliphatic heterocycles. The van der Waals surface area contributed by atoms with Gasteiger partial charge >= 0.3 is 0 Å². The molecule has 0 spiro atoms. The van der Waals surface area contributed by atoms with Crippen LogP contribution in [0.2, 0.25) is 0 Å². The molecule has 1 saturated carbocycles. The fourth-order valence-electron chi connectivity index (χ4n) is 3.87. The first-order valence-electron chi connectivity index (χ1n) is 9.93. The standard InChI is InChI=1S/C22H31N3O3/c1-15(2)13-18-20(22(18,3)4)21(27)24-17-7-5-16(6-8-17)23-19(26)14-25-9-11-28-12-10-25/h5-8,13,18,20H,9-12,14H2,1-4H3,(H,23,26)(H,24,27). The highest BCUT2D eigenvalue weighted by molar-refractivity contribution is 5.96. The van der Waals surface area contributed by atoms with E-state index in [1.54, 1.807) is 0 Å². The molecular formula is C22H31N3O3. The van der Waals surface area contributed by atoms with Gasteiger partial charge in [-0.1, -0.05) is 25.5 Å². The molecule has 1 aromatic carbocycles. The van der Waals surface area contributed by atoms with Crippen molar-refractivity contribution in [3.63, 3.8) is 0 Å². The number of allylic oxidation sites excluding steroid dienone is 2. The number of ether oxygens (including phenoxy) is 1. The number of carbonyl (C=O) groups is 2. The predicted molar refractivity (Wildman–Crippen MR) is 111 cm³/mol. The summed E-state index contributed by atoms with van der Waals surface area (Å²) in [5, 5.41) is 5.91. The largest absolute Gasteiger partial charge is 0.379 e. The van der Waals surface area contributed by atoms with Crippen LogP contribution in [0.3, 0.4) is 0 Å². The second-order valence-corrected chi connectivity index (χ2v) is 8.57. The van der Waals surface area contributed by atoms with Crippen molar-refractivity contribution in [1.82, 2.24) is 4.90 Å². The Balaban J connectivity index is 1.51. The van der Waals surface area contributed by atoms with E-state index >= 15 is 0 Å². The third-order valence-corrected chi connectivity index (χ3v) is 5.61. The van der Waals surface area contributed by atoms with Gasteiger partial charge < -0.3 is 15.4 Å². The highest BCUT2D eigenvalue weighted by atomic mass is 16.5. The summed E-state index contributed by atoms with van der Waals surface area (Å²) in [6.45, 7) is 11.7. The monoisotopic (exact) mass is 385 g/mol. The minimum absolute atomic E-state index is 0.00435. The Morgan fingerprint density at radius 2 is 1.68 bits per heavy atom. The number of hydrogen-bond acceptors (Lipinski definition) is 4. The predicted octanol–water partition coefficient (Wildman–Crippen LogP) is 3.13. The van der Waals surface area contributed by atoms with Gasteiger partial charge in [0.25, 0.3) is 0 Å². The van der Waals surface area contributed by atoms with Gasteiger partial charge in [-0.05, 0) is 49.4 Å². The first-order chi connectivity index (χ1) is 13.3. The molecule has 6 heteroatoms. The number of anilines is 2. The molecule has 1 heterocycles. The first-order valence-corrected chi connectivity index (χ1v) is 9.93. The van der Waals surface area contributed by atoms with Crippen LogP contribution in [0.1, 0.15) is 27.7 Å². The van der Waals surface area contributed by atoms with E-state index in [0.29, 0.717) is 19.8 Å². The zero-order valence-corrected chi connectivity index (χ0v) is 17.2. The van der Waals surface area contributed by atoms with E-state index < -0.39 is 0 Å². The molecule has 2 aliphatic rings. The summed E-state index contributed by atoms with van der Waals surface area (Å²) in [4.78, 5) is 26.9. The maximum atomic E-state index is 12.6. The summed E-state index contributed by atoms with van der Waals surface area (Å²) in [6.07, 6.45) is 2.19. The molecule has 2 fully saturated rings. The summed E-state index contributed by atoms with van der Waals surface area (Å²) < 4.78 is 5.29. The van der Waals surface area contributed by atoms with Crippen molar-refractivity contribution in [2.24, 2.45) is 17.3 Å². The van der Waals surface area contributed by atoms with Crippen LogP contribution < -0.4 is 10.6 Å². The van der Waals surface area contributed by atoms with Crippen LogP contribution >= 0.6 is 0 Å².